The molecule has 9 heteroatoms. The highest BCUT2D eigenvalue weighted by Gasteiger charge is 2.24. The molecule has 0 spiro atoms. The van der Waals surface area contributed by atoms with Crippen LogP contribution < -0.4 is 16.0 Å². The molecule has 8 nitrogen and oxygen atoms in total. The van der Waals surface area contributed by atoms with Crippen LogP contribution in [0.4, 0.5) is 4.79 Å². The Labute approximate surface area is 136 Å². The van der Waals surface area contributed by atoms with Crippen molar-refractivity contribution in [3.05, 3.63) is 0 Å². The summed E-state index contributed by atoms with van der Waals surface area (Å²) in [4.78, 5) is 38.5. The van der Waals surface area contributed by atoms with Crippen LogP contribution in [0.1, 0.15) is 12.8 Å². The molecule has 1 aliphatic carbocycles. The van der Waals surface area contributed by atoms with Crippen molar-refractivity contribution in [2.45, 2.75) is 18.9 Å². The first-order valence-electron chi connectivity index (χ1n) is 7.32. The lowest BCUT2D eigenvalue weighted by Gasteiger charge is -2.29. The van der Waals surface area contributed by atoms with E-state index in [0.717, 1.165) is 25.9 Å². The van der Waals surface area contributed by atoms with E-state index < -0.39 is 11.9 Å². The minimum atomic E-state index is -0.454. The molecular weight excluding hydrogens is 310 g/mol. The van der Waals surface area contributed by atoms with Crippen molar-refractivity contribution < 1.29 is 14.4 Å². The second-order valence-corrected chi connectivity index (χ2v) is 5.60. The number of carbonyl (C=O) groups is 3. The first kappa shape index (κ1) is 18.7. The fraction of sp³-hybridized carbons (Fsp3) is 0.769. The lowest BCUT2D eigenvalue weighted by Crippen LogP contribution is -2.50. The fourth-order valence-electron chi connectivity index (χ4n) is 2.16. The van der Waals surface area contributed by atoms with Crippen LogP contribution in [0.25, 0.3) is 0 Å². The molecule has 2 aliphatic rings. The average Bonchev–Trinajstić information content (AvgIpc) is 3.22. The van der Waals surface area contributed by atoms with E-state index in [1.54, 1.807) is 16.8 Å². The van der Waals surface area contributed by atoms with Gasteiger partial charge in [0, 0.05) is 32.2 Å². The number of carbonyl (C=O) groups excluding carboxylic acids is 3. The van der Waals surface area contributed by atoms with Gasteiger partial charge in [-0.15, -0.1) is 12.4 Å². The second-order valence-electron chi connectivity index (χ2n) is 5.60. The normalized spacial score (nSPS) is 17.6. The zero-order chi connectivity index (χ0) is 15.2. The molecular formula is C13H24ClN5O3. The number of hydrogen-bond acceptors (Lipinski definition) is 5. The quantitative estimate of drug-likeness (QED) is 0.585. The molecule has 1 aliphatic heterocycles. The minimum Gasteiger partial charge on any atom is -0.339 e. The summed E-state index contributed by atoms with van der Waals surface area (Å²) in [5, 5.41) is 8.13. The van der Waals surface area contributed by atoms with Crippen LogP contribution in [0.2, 0.25) is 0 Å². The maximum atomic E-state index is 12.0. The molecule has 0 bridgehead atoms. The molecule has 1 saturated carbocycles. The summed E-state index contributed by atoms with van der Waals surface area (Å²) in [5.74, 6) is -0.391. The van der Waals surface area contributed by atoms with Gasteiger partial charge in [-0.25, -0.2) is 4.79 Å². The topological polar surface area (TPSA) is 93.8 Å². The molecule has 0 aromatic rings. The lowest BCUT2D eigenvalue weighted by molar-refractivity contribution is -0.133. The number of piperazine rings is 1. The molecule has 1 heterocycles. The summed E-state index contributed by atoms with van der Waals surface area (Å²) in [6.07, 6.45) is 1.95. The molecule has 0 aromatic heterocycles. The molecule has 0 atom stereocenters. The van der Waals surface area contributed by atoms with E-state index in [2.05, 4.69) is 16.0 Å². The van der Waals surface area contributed by atoms with Gasteiger partial charge in [-0.1, -0.05) is 0 Å². The fourth-order valence-corrected chi connectivity index (χ4v) is 2.16. The average molecular weight is 334 g/mol. The Morgan fingerprint density at radius 1 is 1.18 bits per heavy atom. The number of nitrogens with one attached hydrogen (secondary N) is 3. The van der Waals surface area contributed by atoms with Gasteiger partial charge in [-0.3, -0.25) is 19.8 Å². The summed E-state index contributed by atoms with van der Waals surface area (Å²) in [6.45, 7) is 3.20. The number of amides is 4. The monoisotopic (exact) mass is 333 g/mol. The van der Waals surface area contributed by atoms with Gasteiger partial charge >= 0.3 is 6.03 Å². The Morgan fingerprint density at radius 2 is 1.82 bits per heavy atom. The number of nitrogens with zero attached hydrogens (tertiary/aromatic N) is 2. The van der Waals surface area contributed by atoms with Crippen molar-refractivity contribution in [3.63, 3.8) is 0 Å². The van der Waals surface area contributed by atoms with E-state index >= 15 is 0 Å². The number of hydrogen-bond donors (Lipinski definition) is 3. The maximum Gasteiger partial charge on any atom is 0.321 e. The van der Waals surface area contributed by atoms with Crippen LogP contribution in [-0.4, -0.2) is 80.0 Å². The number of likely N-dealkylation sites (N-methyl/N-ethyl adjacent to an activating group) is 1. The number of urea groups is 1. The van der Waals surface area contributed by atoms with Gasteiger partial charge < -0.3 is 15.5 Å². The van der Waals surface area contributed by atoms with Crippen molar-refractivity contribution in [1.82, 2.24) is 25.8 Å². The van der Waals surface area contributed by atoms with Gasteiger partial charge in [-0.2, -0.15) is 0 Å². The van der Waals surface area contributed by atoms with Crippen LogP contribution >= 0.6 is 12.4 Å². The molecule has 3 N–H and O–H groups in total. The van der Waals surface area contributed by atoms with Gasteiger partial charge in [0.15, 0.2) is 0 Å². The zero-order valence-corrected chi connectivity index (χ0v) is 13.6. The van der Waals surface area contributed by atoms with Gasteiger partial charge in [0.1, 0.15) is 0 Å². The van der Waals surface area contributed by atoms with E-state index in [4.69, 9.17) is 0 Å². The molecule has 0 aromatic carbocycles. The summed E-state index contributed by atoms with van der Waals surface area (Å²) in [5.41, 5.74) is 0. The Hall–Kier alpha value is -1.38. The van der Waals surface area contributed by atoms with E-state index in [1.807, 2.05) is 0 Å². The zero-order valence-electron chi connectivity index (χ0n) is 12.8. The van der Waals surface area contributed by atoms with E-state index in [-0.39, 0.29) is 37.4 Å². The summed E-state index contributed by atoms with van der Waals surface area (Å²) < 4.78 is 0. The third-order valence-electron chi connectivity index (χ3n) is 3.45. The first-order valence-corrected chi connectivity index (χ1v) is 7.32. The summed E-state index contributed by atoms with van der Waals surface area (Å²) >= 11 is 0. The smallest absolute Gasteiger partial charge is 0.321 e. The second kappa shape index (κ2) is 8.92. The lowest BCUT2D eigenvalue weighted by atomic mass is 10.3. The van der Waals surface area contributed by atoms with Crippen LogP contribution in [-0.2, 0) is 9.59 Å². The van der Waals surface area contributed by atoms with Crippen LogP contribution in [0.5, 0.6) is 0 Å². The van der Waals surface area contributed by atoms with Crippen LogP contribution in [0, 0.1) is 0 Å². The molecule has 4 amide bonds. The van der Waals surface area contributed by atoms with Crippen molar-refractivity contribution in [1.29, 1.82) is 0 Å². The Kier molecular flexibility index (Phi) is 7.57. The molecule has 0 unspecified atom stereocenters. The molecule has 2 fully saturated rings. The van der Waals surface area contributed by atoms with E-state index in [9.17, 15) is 14.4 Å². The van der Waals surface area contributed by atoms with Crippen molar-refractivity contribution in [3.8, 4) is 0 Å². The molecule has 2 rings (SSSR count). The highest BCUT2D eigenvalue weighted by Crippen LogP contribution is 2.18. The standard InChI is InChI=1S/C13H23N5O3.ClH/c1-17(9-12(20)18-6-4-14-5-7-18)8-11(19)16-13(21)15-10-2-3-10;/h10,14H,2-9H2,1H3,(H2,15,16,19,21);1H. The first-order chi connectivity index (χ1) is 10.0. The van der Waals surface area contributed by atoms with Gasteiger partial charge in [0.05, 0.1) is 13.1 Å². The molecule has 126 valence electrons. The summed E-state index contributed by atoms with van der Waals surface area (Å²) in [6, 6.07) is -0.242. The Bertz CT molecular complexity index is 410. The number of imide groups is 1. The molecule has 0 radical (unpaired) electrons. The van der Waals surface area contributed by atoms with Crippen molar-refractivity contribution in [2.24, 2.45) is 0 Å². The van der Waals surface area contributed by atoms with Crippen LogP contribution in [0.3, 0.4) is 0 Å². The minimum absolute atomic E-state index is 0. The van der Waals surface area contributed by atoms with Gasteiger partial charge in [-0.05, 0) is 19.9 Å². The Morgan fingerprint density at radius 3 is 2.41 bits per heavy atom. The predicted molar refractivity (Wildman–Crippen MR) is 83.9 cm³/mol. The van der Waals surface area contributed by atoms with E-state index in [0.29, 0.717) is 13.1 Å². The highest BCUT2D eigenvalue weighted by molar-refractivity contribution is 5.95. The van der Waals surface area contributed by atoms with Crippen molar-refractivity contribution >= 4 is 30.3 Å². The third kappa shape index (κ3) is 6.59. The third-order valence-corrected chi connectivity index (χ3v) is 3.45. The van der Waals surface area contributed by atoms with E-state index in [1.165, 1.54) is 0 Å². The van der Waals surface area contributed by atoms with Crippen LogP contribution in [0.15, 0.2) is 0 Å². The van der Waals surface area contributed by atoms with Gasteiger partial charge in [0.25, 0.3) is 0 Å². The predicted octanol–water partition coefficient (Wildman–Crippen LogP) is -1.24. The maximum absolute atomic E-state index is 12.0. The summed E-state index contributed by atoms with van der Waals surface area (Å²) in [7, 11) is 1.69. The Balaban J connectivity index is 0.00000242. The highest BCUT2D eigenvalue weighted by atomic mass is 35.5. The molecule has 1 saturated heterocycles. The number of rotatable bonds is 5. The van der Waals surface area contributed by atoms with Gasteiger partial charge in [0.2, 0.25) is 11.8 Å². The molecule has 22 heavy (non-hydrogen) atoms. The largest absolute Gasteiger partial charge is 0.339 e. The SMILES string of the molecule is CN(CC(=O)NC(=O)NC1CC1)CC(=O)N1CCNCC1.Cl. The number of halogens is 1. The van der Waals surface area contributed by atoms with Crippen molar-refractivity contribution in [2.75, 3.05) is 46.3 Å².